The number of nitrogens with one attached hydrogen (secondary N) is 1. The average molecular weight is 207 g/mol. The number of hydrogen-bond donors (Lipinski definition) is 1. The minimum atomic E-state index is 0.185. The number of rotatable bonds is 4. The van der Waals surface area contributed by atoms with E-state index >= 15 is 0 Å². The number of hydrogen-bond acceptors (Lipinski definition) is 4. The lowest BCUT2D eigenvalue weighted by Crippen LogP contribution is -2.42. The van der Waals surface area contributed by atoms with Gasteiger partial charge in [0, 0.05) is 17.8 Å². The molecule has 1 aromatic rings. The first kappa shape index (κ1) is 10.2. The Kier molecular flexibility index (Phi) is 2.75. The van der Waals surface area contributed by atoms with Crippen LogP contribution in [-0.2, 0) is 0 Å². The Morgan fingerprint density at radius 2 is 2.33 bits per heavy atom. The van der Waals surface area contributed by atoms with Crippen LogP contribution in [0.4, 0.5) is 5.95 Å². The lowest BCUT2D eigenvalue weighted by Gasteiger charge is -2.39. The van der Waals surface area contributed by atoms with E-state index in [9.17, 15) is 0 Å². The molecule has 1 aliphatic carbocycles. The molecule has 0 unspecified atom stereocenters. The molecule has 0 aliphatic heterocycles. The molecule has 0 spiro atoms. The standard InChI is InChI=1S/C11H17N3O/c1-3-15-9-5-8-12-10(13-9)14-11(2)6-4-7-11/h5,8H,3-4,6-7H2,1-2H3,(H,12,13,14). The van der Waals surface area contributed by atoms with E-state index in [1.54, 1.807) is 12.3 Å². The maximum Gasteiger partial charge on any atom is 0.226 e. The quantitative estimate of drug-likeness (QED) is 0.822. The highest BCUT2D eigenvalue weighted by Crippen LogP contribution is 2.33. The van der Waals surface area contributed by atoms with E-state index in [0.717, 1.165) is 0 Å². The van der Waals surface area contributed by atoms with Crippen molar-refractivity contribution in [3.8, 4) is 5.88 Å². The molecule has 1 fully saturated rings. The van der Waals surface area contributed by atoms with Crippen LogP contribution in [0.1, 0.15) is 33.1 Å². The summed E-state index contributed by atoms with van der Waals surface area (Å²) < 4.78 is 5.32. The SMILES string of the molecule is CCOc1ccnc(NC2(C)CCC2)n1. The van der Waals surface area contributed by atoms with Gasteiger partial charge in [-0.05, 0) is 33.1 Å². The zero-order chi connectivity index (χ0) is 10.7. The Labute approximate surface area is 90.1 Å². The van der Waals surface area contributed by atoms with E-state index in [0.29, 0.717) is 18.4 Å². The third-order valence-electron chi connectivity index (χ3n) is 2.79. The van der Waals surface area contributed by atoms with Crippen LogP contribution in [0, 0.1) is 0 Å². The molecular weight excluding hydrogens is 190 g/mol. The van der Waals surface area contributed by atoms with Crippen LogP contribution < -0.4 is 10.1 Å². The van der Waals surface area contributed by atoms with E-state index in [1.807, 2.05) is 6.92 Å². The molecule has 0 bridgehead atoms. The predicted molar refractivity (Wildman–Crippen MR) is 59.1 cm³/mol. The van der Waals surface area contributed by atoms with Gasteiger partial charge >= 0.3 is 0 Å². The van der Waals surface area contributed by atoms with Crippen molar-refractivity contribution < 1.29 is 4.74 Å². The maximum absolute atomic E-state index is 5.32. The van der Waals surface area contributed by atoms with Gasteiger partial charge in [-0.25, -0.2) is 4.98 Å². The zero-order valence-corrected chi connectivity index (χ0v) is 9.29. The van der Waals surface area contributed by atoms with Crippen LogP contribution in [-0.4, -0.2) is 22.1 Å². The molecular formula is C11H17N3O. The number of anilines is 1. The van der Waals surface area contributed by atoms with E-state index in [2.05, 4.69) is 22.2 Å². The van der Waals surface area contributed by atoms with Crippen molar-refractivity contribution >= 4 is 5.95 Å². The fourth-order valence-electron chi connectivity index (χ4n) is 1.73. The lowest BCUT2D eigenvalue weighted by atomic mass is 9.79. The highest BCUT2D eigenvalue weighted by Gasteiger charge is 2.32. The molecule has 0 saturated heterocycles. The van der Waals surface area contributed by atoms with Crippen LogP contribution in [0.2, 0.25) is 0 Å². The molecule has 0 atom stereocenters. The second-order valence-corrected chi connectivity index (χ2v) is 4.19. The Morgan fingerprint density at radius 3 is 2.93 bits per heavy atom. The fraction of sp³-hybridized carbons (Fsp3) is 0.636. The first-order chi connectivity index (χ1) is 7.22. The molecule has 1 aromatic heterocycles. The highest BCUT2D eigenvalue weighted by atomic mass is 16.5. The molecule has 82 valence electrons. The van der Waals surface area contributed by atoms with Gasteiger partial charge in [-0.3, -0.25) is 0 Å². The summed E-state index contributed by atoms with van der Waals surface area (Å²) in [7, 11) is 0. The molecule has 4 nitrogen and oxygen atoms in total. The molecule has 1 saturated carbocycles. The van der Waals surface area contributed by atoms with Gasteiger partial charge in [-0.2, -0.15) is 4.98 Å². The van der Waals surface area contributed by atoms with Crippen LogP contribution in [0.15, 0.2) is 12.3 Å². The monoisotopic (exact) mass is 207 g/mol. The fourth-order valence-corrected chi connectivity index (χ4v) is 1.73. The van der Waals surface area contributed by atoms with Crippen LogP contribution in [0.25, 0.3) is 0 Å². The van der Waals surface area contributed by atoms with Gasteiger partial charge in [0.2, 0.25) is 11.8 Å². The third-order valence-corrected chi connectivity index (χ3v) is 2.79. The molecule has 1 aliphatic rings. The minimum Gasteiger partial charge on any atom is -0.478 e. The number of ether oxygens (including phenoxy) is 1. The molecule has 4 heteroatoms. The zero-order valence-electron chi connectivity index (χ0n) is 9.29. The number of nitrogens with zero attached hydrogens (tertiary/aromatic N) is 2. The summed E-state index contributed by atoms with van der Waals surface area (Å²) >= 11 is 0. The maximum atomic E-state index is 5.32. The predicted octanol–water partition coefficient (Wildman–Crippen LogP) is 2.23. The van der Waals surface area contributed by atoms with Crippen LogP contribution >= 0.6 is 0 Å². The molecule has 0 amide bonds. The van der Waals surface area contributed by atoms with Crippen molar-refractivity contribution in [1.29, 1.82) is 0 Å². The second kappa shape index (κ2) is 4.04. The molecule has 0 aromatic carbocycles. The van der Waals surface area contributed by atoms with Crippen LogP contribution in [0.3, 0.4) is 0 Å². The summed E-state index contributed by atoms with van der Waals surface area (Å²) in [6, 6.07) is 1.78. The molecule has 15 heavy (non-hydrogen) atoms. The second-order valence-electron chi connectivity index (χ2n) is 4.19. The molecule has 1 heterocycles. The van der Waals surface area contributed by atoms with E-state index in [1.165, 1.54) is 19.3 Å². The van der Waals surface area contributed by atoms with Crippen molar-refractivity contribution in [3.63, 3.8) is 0 Å². The first-order valence-electron chi connectivity index (χ1n) is 5.46. The van der Waals surface area contributed by atoms with Gasteiger partial charge in [0.05, 0.1) is 6.61 Å². The van der Waals surface area contributed by atoms with Crippen molar-refractivity contribution in [2.45, 2.75) is 38.6 Å². The summed E-state index contributed by atoms with van der Waals surface area (Å²) in [4.78, 5) is 8.47. The Morgan fingerprint density at radius 1 is 1.53 bits per heavy atom. The Hall–Kier alpha value is -1.32. The number of aromatic nitrogens is 2. The molecule has 0 radical (unpaired) electrons. The van der Waals surface area contributed by atoms with E-state index in [4.69, 9.17) is 4.74 Å². The van der Waals surface area contributed by atoms with Gasteiger partial charge in [0.1, 0.15) is 0 Å². The van der Waals surface area contributed by atoms with Crippen LogP contribution in [0.5, 0.6) is 5.88 Å². The summed E-state index contributed by atoms with van der Waals surface area (Å²) in [5.74, 6) is 1.31. The molecule has 1 N–H and O–H groups in total. The topological polar surface area (TPSA) is 47.0 Å². The van der Waals surface area contributed by atoms with Crippen molar-refractivity contribution in [1.82, 2.24) is 9.97 Å². The first-order valence-corrected chi connectivity index (χ1v) is 5.46. The van der Waals surface area contributed by atoms with E-state index < -0.39 is 0 Å². The summed E-state index contributed by atoms with van der Waals surface area (Å²) in [6.07, 6.45) is 5.39. The molecule has 2 rings (SSSR count). The largest absolute Gasteiger partial charge is 0.478 e. The minimum absolute atomic E-state index is 0.185. The van der Waals surface area contributed by atoms with Crippen molar-refractivity contribution in [2.24, 2.45) is 0 Å². The summed E-state index contributed by atoms with van der Waals surface area (Å²) in [5, 5.41) is 3.35. The highest BCUT2D eigenvalue weighted by molar-refractivity contribution is 5.32. The smallest absolute Gasteiger partial charge is 0.226 e. The summed E-state index contributed by atoms with van der Waals surface area (Å²) in [6.45, 7) is 4.78. The summed E-state index contributed by atoms with van der Waals surface area (Å²) in [5.41, 5.74) is 0.185. The normalized spacial score (nSPS) is 18.0. The lowest BCUT2D eigenvalue weighted by molar-refractivity contribution is 0.302. The Bertz CT molecular complexity index is 336. The van der Waals surface area contributed by atoms with Gasteiger partial charge < -0.3 is 10.1 Å². The average Bonchev–Trinajstić information content (AvgIpc) is 2.16. The van der Waals surface area contributed by atoms with E-state index in [-0.39, 0.29) is 5.54 Å². The van der Waals surface area contributed by atoms with Gasteiger partial charge in [-0.1, -0.05) is 0 Å². The third kappa shape index (κ3) is 2.37. The van der Waals surface area contributed by atoms with Crippen molar-refractivity contribution in [2.75, 3.05) is 11.9 Å². The van der Waals surface area contributed by atoms with Crippen molar-refractivity contribution in [3.05, 3.63) is 12.3 Å². The Balaban J connectivity index is 2.04. The van der Waals surface area contributed by atoms with Gasteiger partial charge in [-0.15, -0.1) is 0 Å². The van der Waals surface area contributed by atoms with Gasteiger partial charge in [0.15, 0.2) is 0 Å². The van der Waals surface area contributed by atoms with Gasteiger partial charge in [0.25, 0.3) is 0 Å².